The van der Waals surface area contributed by atoms with E-state index in [9.17, 15) is 5.11 Å². The molecule has 0 aliphatic rings. The summed E-state index contributed by atoms with van der Waals surface area (Å²) < 4.78 is 3.99. The summed E-state index contributed by atoms with van der Waals surface area (Å²) in [6.07, 6.45) is -0.534. The predicted octanol–water partition coefficient (Wildman–Crippen LogP) is 4.79. The highest BCUT2D eigenvalue weighted by Crippen LogP contribution is 2.35. The van der Waals surface area contributed by atoms with Crippen molar-refractivity contribution in [1.29, 1.82) is 0 Å². The van der Waals surface area contributed by atoms with Crippen LogP contribution in [0.1, 0.15) is 11.1 Å². The molecule has 124 valence electrons. The molecule has 1 N–H and O–H groups in total. The van der Waals surface area contributed by atoms with Gasteiger partial charge in [-0.25, -0.2) is 0 Å². The zero-order valence-electron chi connectivity index (χ0n) is 12.5. The lowest BCUT2D eigenvalue weighted by atomic mass is 9.95. The van der Waals surface area contributed by atoms with Crippen LogP contribution in [-0.4, -0.2) is 21.6 Å². The Morgan fingerprint density at radius 1 is 0.870 bits per heavy atom. The highest BCUT2D eigenvalue weighted by Gasteiger charge is 2.37. The van der Waals surface area contributed by atoms with Crippen LogP contribution in [-0.2, 0) is 17.8 Å². The van der Waals surface area contributed by atoms with Gasteiger partial charge in [0.25, 0.3) is 0 Å². The van der Waals surface area contributed by atoms with E-state index >= 15 is 0 Å². The van der Waals surface area contributed by atoms with E-state index in [0.717, 1.165) is 11.1 Å². The largest absolute Gasteiger partial charge is 0.388 e. The predicted molar refractivity (Wildman–Crippen MR) is 96.0 cm³/mol. The first-order chi connectivity index (χ1) is 11.0. The Hall–Kier alpha value is -0.770. The van der Waals surface area contributed by atoms with Crippen molar-refractivity contribution in [2.75, 3.05) is 6.61 Å². The van der Waals surface area contributed by atoms with Crippen LogP contribution in [0, 0.1) is 5.92 Å². The van der Waals surface area contributed by atoms with Gasteiger partial charge < -0.3 is 9.84 Å². The first kappa shape index (κ1) is 18.6. The molecule has 0 heterocycles. The summed E-state index contributed by atoms with van der Waals surface area (Å²) in [6.45, 7) is 0.761. The van der Waals surface area contributed by atoms with E-state index in [1.807, 2.05) is 60.7 Å². The number of hydrogen-bond donors (Lipinski definition) is 1. The molecule has 2 nitrogen and oxygen atoms in total. The van der Waals surface area contributed by atoms with Gasteiger partial charge in [-0.2, -0.15) is 0 Å². The van der Waals surface area contributed by atoms with Crippen molar-refractivity contribution in [3.05, 3.63) is 71.8 Å². The number of aliphatic hydroxyl groups is 1. The van der Waals surface area contributed by atoms with Crippen LogP contribution in [0.2, 0.25) is 0 Å². The van der Waals surface area contributed by atoms with Crippen LogP contribution in [0.3, 0.4) is 0 Å². The van der Waals surface area contributed by atoms with Gasteiger partial charge >= 0.3 is 0 Å². The molecule has 0 saturated heterocycles. The Kier molecular flexibility index (Phi) is 7.19. The van der Waals surface area contributed by atoms with Gasteiger partial charge in [0.2, 0.25) is 3.79 Å². The number of benzene rings is 2. The van der Waals surface area contributed by atoms with Gasteiger partial charge in [-0.3, -0.25) is 0 Å². The van der Waals surface area contributed by atoms with Gasteiger partial charge in [0.05, 0.1) is 13.2 Å². The molecular formula is C18H19Cl3O2. The zero-order valence-corrected chi connectivity index (χ0v) is 14.8. The first-order valence-corrected chi connectivity index (χ1v) is 8.50. The Bertz CT molecular complexity index is 570. The molecule has 0 spiro atoms. The number of halogens is 3. The lowest BCUT2D eigenvalue weighted by molar-refractivity contribution is 0.0228. The smallest absolute Gasteiger partial charge is 0.216 e. The van der Waals surface area contributed by atoms with Gasteiger partial charge in [0.1, 0.15) is 6.10 Å². The molecule has 0 radical (unpaired) electrons. The summed E-state index contributed by atoms with van der Waals surface area (Å²) in [7, 11) is 0. The lowest BCUT2D eigenvalue weighted by Crippen LogP contribution is -2.37. The van der Waals surface area contributed by atoms with Crippen LogP contribution in [0.4, 0.5) is 0 Å². The SMILES string of the molecule is O[C@H]([C@H](COCc1ccccc1)Cc1ccccc1)C(Cl)(Cl)Cl. The van der Waals surface area contributed by atoms with Crippen LogP contribution < -0.4 is 0 Å². The fraction of sp³-hybridized carbons (Fsp3) is 0.333. The normalized spacial score (nSPS) is 14.4. The second-order valence-electron chi connectivity index (χ2n) is 5.44. The molecule has 23 heavy (non-hydrogen) atoms. The van der Waals surface area contributed by atoms with E-state index in [-0.39, 0.29) is 5.92 Å². The van der Waals surface area contributed by atoms with E-state index in [0.29, 0.717) is 19.6 Å². The summed E-state index contributed by atoms with van der Waals surface area (Å²) >= 11 is 17.6. The monoisotopic (exact) mass is 372 g/mol. The number of aliphatic hydroxyl groups excluding tert-OH is 1. The first-order valence-electron chi connectivity index (χ1n) is 7.37. The maximum absolute atomic E-state index is 10.3. The number of rotatable bonds is 7. The third kappa shape index (κ3) is 6.33. The highest BCUT2D eigenvalue weighted by molar-refractivity contribution is 6.68. The van der Waals surface area contributed by atoms with Crippen molar-refractivity contribution >= 4 is 34.8 Å². The molecule has 0 aromatic heterocycles. The maximum Gasteiger partial charge on any atom is 0.216 e. The standard InChI is InChI=1S/C18H19Cl3O2/c19-18(20,21)17(22)16(11-14-7-3-1-4-8-14)13-23-12-15-9-5-2-6-10-15/h1-10,16-17,22H,11-13H2/t16-,17+/m0/s1. The molecule has 2 aromatic carbocycles. The molecule has 0 unspecified atom stereocenters. The summed E-state index contributed by atoms with van der Waals surface area (Å²) in [5, 5.41) is 10.3. The van der Waals surface area contributed by atoms with E-state index in [1.54, 1.807) is 0 Å². The third-order valence-electron chi connectivity index (χ3n) is 3.57. The molecule has 0 saturated carbocycles. The van der Waals surface area contributed by atoms with E-state index < -0.39 is 9.90 Å². The average molecular weight is 374 g/mol. The Labute approximate surface area is 151 Å². The average Bonchev–Trinajstić information content (AvgIpc) is 2.54. The molecule has 0 bridgehead atoms. The lowest BCUT2D eigenvalue weighted by Gasteiger charge is -2.28. The Morgan fingerprint density at radius 3 is 1.91 bits per heavy atom. The van der Waals surface area contributed by atoms with Crippen molar-refractivity contribution in [2.24, 2.45) is 5.92 Å². The molecule has 0 aliphatic heterocycles. The molecule has 0 amide bonds. The summed E-state index contributed by atoms with van der Waals surface area (Å²) in [5.74, 6) is -0.311. The Balaban J connectivity index is 1.98. The minimum Gasteiger partial charge on any atom is -0.388 e. The molecule has 2 atom stereocenters. The van der Waals surface area contributed by atoms with Crippen molar-refractivity contribution in [3.8, 4) is 0 Å². The van der Waals surface area contributed by atoms with Crippen molar-refractivity contribution in [1.82, 2.24) is 0 Å². The minimum atomic E-state index is -1.74. The van der Waals surface area contributed by atoms with E-state index in [1.165, 1.54) is 0 Å². The molecule has 0 fully saturated rings. The summed E-state index contributed by atoms with van der Waals surface area (Å²) in [4.78, 5) is 0. The Morgan fingerprint density at radius 2 is 1.39 bits per heavy atom. The molecule has 5 heteroatoms. The summed E-state index contributed by atoms with van der Waals surface area (Å²) in [5.41, 5.74) is 2.13. The second-order valence-corrected chi connectivity index (χ2v) is 7.81. The number of alkyl halides is 3. The van der Waals surface area contributed by atoms with Gasteiger partial charge in [-0.15, -0.1) is 0 Å². The van der Waals surface area contributed by atoms with Crippen LogP contribution in [0.5, 0.6) is 0 Å². The van der Waals surface area contributed by atoms with Crippen LogP contribution in [0.15, 0.2) is 60.7 Å². The fourth-order valence-corrected chi connectivity index (χ4v) is 2.88. The van der Waals surface area contributed by atoms with Crippen LogP contribution in [0.25, 0.3) is 0 Å². The minimum absolute atomic E-state index is 0.304. The number of ether oxygens (including phenoxy) is 1. The van der Waals surface area contributed by atoms with Crippen molar-refractivity contribution in [2.45, 2.75) is 22.9 Å². The second kappa shape index (κ2) is 8.91. The zero-order chi connectivity index (χ0) is 16.7. The quantitative estimate of drug-likeness (QED) is 0.707. The van der Waals surface area contributed by atoms with Gasteiger partial charge in [0.15, 0.2) is 0 Å². The van der Waals surface area contributed by atoms with Crippen molar-refractivity contribution < 1.29 is 9.84 Å². The van der Waals surface area contributed by atoms with Gasteiger partial charge in [-0.1, -0.05) is 95.5 Å². The van der Waals surface area contributed by atoms with Crippen LogP contribution >= 0.6 is 34.8 Å². The van der Waals surface area contributed by atoms with Gasteiger partial charge in [-0.05, 0) is 17.5 Å². The topological polar surface area (TPSA) is 29.5 Å². The summed E-state index contributed by atoms with van der Waals surface area (Å²) in [6, 6.07) is 19.6. The van der Waals surface area contributed by atoms with Gasteiger partial charge in [0, 0.05) is 5.92 Å². The number of hydrogen-bond acceptors (Lipinski definition) is 2. The van der Waals surface area contributed by atoms with E-state index in [4.69, 9.17) is 39.5 Å². The molecule has 2 aromatic rings. The van der Waals surface area contributed by atoms with Crippen molar-refractivity contribution in [3.63, 3.8) is 0 Å². The highest BCUT2D eigenvalue weighted by atomic mass is 35.6. The van der Waals surface area contributed by atoms with E-state index in [2.05, 4.69) is 0 Å². The molecule has 0 aliphatic carbocycles. The molecular weight excluding hydrogens is 355 g/mol. The maximum atomic E-state index is 10.3. The third-order valence-corrected chi connectivity index (χ3v) is 4.24. The fourth-order valence-electron chi connectivity index (χ4n) is 2.35. The molecule has 2 rings (SSSR count).